The van der Waals surface area contributed by atoms with E-state index in [0.29, 0.717) is 0 Å². The summed E-state index contributed by atoms with van der Waals surface area (Å²) in [5, 5.41) is 15.1. The molecule has 8 nitrogen and oxygen atoms in total. The second-order valence-electron chi connectivity index (χ2n) is 4.40. The highest BCUT2D eigenvalue weighted by Gasteiger charge is 2.08. The molecule has 2 aromatic heterocycles. The lowest BCUT2D eigenvalue weighted by Gasteiger charge is -2.22. The molecule has 0 bridgehead atoms. The van der Waals surface area contributed by atoms with Gasteiger partial charge in [-0.1, -0.05) is 26.2 Å². The number of hydrogen-bond acceptors (Lipinski definition) is 6. The molecule has 0 aliphatic rings. The standard InChI is InChI=1S/C11H20N8/c1-2-3-4-5-6-11(16-18-7-12-13-8-18)17-19-9-14-15-10-19/h7-11,16-17H,2-6H2,1H3. The third-order valence-corrected chi connectivity index (χ3v) is 2.79. The summed E-state index contributed by atoms with van der Waals surface area (Å²) in [6.07, 6.45) is 12.5. The van der Waals surface area contributed by atoms with Crippen LogP contribution in [-0.2, 0) is 0 Å². The Bertz CT molecular complexity index is 387. The van der Waals surface area contributed by atoms with Gasteiger partial charge in [0.1, 0.15) is 31.5 Å². The molecule has 0 saturated carbocycles. The Morgan fingerprint density at radius 2 is 1.37 bits per heavy atom. The molecule has 0 spiro atoms. The van der Waals surface area contributed by atoms with Crippen molar-refractivity contribution in [1.82, 2.24) is 29.7 Å². The van der Waals surface area contributed by atoms with Crippen LogP contribution in [0.15, 0.2) is 25.3 Å². The summed E-state index contributed by atoms with van der Waals surface area (Å²) in [5.74, 6) is 0. The predicted octanol–water partition coefficient (Wildman–Crippen LogP) is 0.953. The SMILES string of the molecule is CCCCCCC(Nn1cnnc1)Nn1cnnc1. The van der Waals surface area contributed by atoms with Crippen molar-refractivity contribution in [3.63, 3.8) is 0 Å². The van der Waals surface area contributed by atoms with Gasteiger partial charge in [-0.05, 0) is 12.8 Å². The number of unbranched alkanes of at least 4 members (excludes halogenated alkanes) is 3. The fraction of sp³-hybridized carbons (Fsp3) is 0.636. The van der Waals surface area contributed by atoms with Crippen molar-refractivity contribution < 1.29 is 0 Å². The molecular formula is C11H20N8. The minimum absolute atomic E-state index is 0.0730. The fourth-order valence-electron chi connectivity index (χ4n) is 1.83. The van der Waals surface area contributed by atoms with Gasteiger partial charge in [0.05, 0.1) is 0 Å². The smallest absolute Gasteiger partial charge is 0.138 e. The molecule has 2 N–H and O–H groups in total. The van der Waals surface area contributed by atoms with E-state index in [1.807, 2.05) is 0 Å². The topological polar surface area (TPSA) is 85.5 Å². The maximum Gasteiger partial charge on any atom is 0.138 e. The molecular weight excluding hydrogens is 244 g/mol. The van der Waals surface area contributed by atoms with Gasteiger partial charge in [-0.15, -0.1) is 20.4 Å². The Labute approximate surface area is 112 Å². The molecule has 2 rings (SSSR count). The number of aromatic nitrogens is 6. The molecule has 0 fully saturated rings. The quantitative estimate of drug-likeness (QED) is 0.518. The highest BCUT2D eigenvalue weighted by Crippen LogP contribution is 2.05. The zero-order chi connectivity index (χ0) is 13.3. The first kappa shape index (κ1) is 13.3. The average molecular weight is 264 g/mol. The highest BCUT2D eigenvalue weighted by molar-refractivity contribution is 4.89. The van der Waals surface area contributed by atoms with Crippen LogP contribution in [0.3, 0.4) is 0 Å². The van der Waals surface area contributed by atoms with Crippen LogP contribution in [0.2, 0.25) is 0 Å². The fourth-order valence-corrected chi connectivity index (χ4v) is 1.83. The van der Waals surface area contributed by atoms with Crippen LogP contribution >= 0.6 is 0 Å². The highest BCUT2D eigenvalue weighted by atomic mass is 15.6. The zero-order valence-electron chi connectivity index (χ0n) is 11.1. The first-order valence-electron chi connectivity index (χ1n) is 6.61. The van der Waals surface area contributed by atoms with E-state index >= 15 is 0 Å². The van der Waals surface area contributed by atoms with Crippen LogP contribution in [0.1, 0.15) is 39.0 Å². The van der Waals surface area contributed by atoms with E-state index in [4.69, 9.17) is 0 Å². The molecule has 2 heterocycles. The van der Waals surface area contributed by atoms with Gasteiger partial charge in [-0.25, -0.2) is 9.35 Å². The third-order valence-electron chi connectivity index (χ3n) is 2.79. The Kier molecular flexibility index (Phi) is 5.15. The van der Waals surface area contributed by atoms with Crippen LogP contribution < -0.4 is 10.9 Å². The maximum atomic E-state index is 3.77. The lowest BCUT2D eigenvalue weighted by atomic mass is 10.1. The number of rotatable bonds is 9. The molecule has 0 aromatic carbocycles. The Hall–Kier alpha value is -2.12. The minimum atomic E-state index is 0.0730. The molecule has 0 radical (unpaired) electrons. The van der Waals surface area contributed by atoms with Crippen LogP contribution in [0, 0.1) is 0 Å². The molecule has 0 aliphatic carbocycles. The minimum Gasteiger partial charge on any atom is -0.300 e. The Balaban J connectivity index is 1.84. The van der Waals surface area contributed by atoms with E-state index in [-0.39, 0.29) is 6.17 Å². The largest absolute Gasteiger partial charge is 0.300 e. The second-order valence-corrected chi connectivity index (χ2v) is 4.40. The number of nitrogens with one attached hydrogen (secondary N) is 2. The van der Waals surface area contributed by atoms with E-state index in [9.17, 15) is 0 Å². The van der Waals surface area contributed by atoms with Crippen LogP contribution in [-0.4, -0.2) is 35.9 Å². The molecule has 0 atom stereocenters. The van der Waals surface area contributed by atoms with Crippen molar-refractivity contribution >= 4 is 0 Å². The average Bonchev–Trinajstić information content (AvgIpc) is 3.08. The summed E-state index contributed by atoms with van der Waals surface area (Å²) in [5.41, 5.74) is 6.56. The second kappa shape index (κ2) is 7.34. The maximum absolute atomic E-state index is 3.77. The Morgan fingerprint density at radius 1 is 0.842 bits per heavy atom. The summed E-state index contributed by atoms with van der Waals surface area (Å²) >= 11 is 0. The van der Waals surface area contributed by atoms with Crippen molar-refractivity contribution in [3.8, 4) is 0 Å². The van der Waals surface area contributed by atoms with Gasteiger partial charge in [-0.3, -0.25) is 0 Å². The van der Waals surface area contributed by atoms with Gasteiger partial charge >= 0.3 is 0 Å². The zero-order valence-corrected chi connectivity index (χ0v) is 11.1. The van der Waals surface area contributed by atoms with Crippen molar-refractivity contribution in [2.75, 3.05) is 10.9 Å². The van der Waals surface area contributed by atoms with Gasteiger partial charge in [0, 0.05) is 0 Å². The van der Waals surface area contributed by atoms with Gasteiger partial charge in [0.25, 0.3) is 0 Å². The first-order chi connectivity index (χ1) is 9.38. The monoisotopic (exact) mass is 264 g/mol. The first-order valence-corrected chi connectivity index (χ1v) is 6.61. The van der Waals surface area contributed by atoms with E-state index in [0.717, 1.165) is 12.8 Å². The van der Waals surface area contributed by atoms with Crippen LogP contribution in [0.4, 0.5) is 0 Å². The van der Waals surface area contributed by atoms with Crippen molar-refractivity contribution in [2.24, 2.45) is 0 Å². The van der Waals surface area contributed by atoms with Crippen molar-refractivity contribution in [2.45, 2.75) is 45.2 Å². The number of hydrogen-bond donors (Lipinski definition) is 2. The van der Waals surface area contributed by atoms with Crippen LogP contribution in [0.25, 0.3) is 0 Å². The van der Waals surface area contributed by atoms with E-state index in [1.165, 1.54) is 19.3 Å². The lowest BCUT2D eigenvalue weighted by Crippen LogP contribution is -2.38. The van der Waals surface area contributed by atoms with E-state index in [2.05, 4.69) is 38.2 Å². The normalized spacial score (nSPS) is 10.8. The summed E-state index contributed by atoms with van der Waals surface area (Å²) in [7, 11) is 0. The molecule has 2 aromatic rings. The van der Waals surface area contributed by atoms with Crippen LogP contribution in [0.5, 0.6) is 0 Å². The molecule has 19 heavy (non-hydrogen) atoms. The molecule has 8 heteroatoms. The van der Waals surface area contributed by atoms with Gasteiger partial charge < -0.3 is 10.9 Å². The third kappa shape index (κ3) is 4.57. The van der Waals surface area contributed by atoms with Gasteiger partial charge in [-0.2, -0.15) is 0 Å². The molecule has 104 valence electrons. The van der Waals surface area contributed by atoms with E-state index < -0.39 is 0 Å². The van der Waals surface area contributed by atoms with Crippen molar-refractivity contribution in [1.29, 1.82) is 0 Å². The number of nitrogens with zero attached hydrogens (tertiary/aromatic N) is 6. The summed E-state index contributed by atoms with van der Waals surface area (Å²) in [6, 6.07) is 0. The molecule has 0 saturated heterocycles. The molecule has 0 aliphatic heterocycles. The van der Waals surface area contributed by atoms with Crippen molar-refractivity contribution in [3.05, 3.63) is 25.3 Å². The molecule has 0 amide bonds. The summed E-state index contributed by atoms with van der Waals surface area (Å²) < 4.78 is 3.48. The Morgan fingerprint density at radius 3 is 1.84 bits per heavy atom. The molecule has 0 unspecified atom stereocenters. The lowest BCUT2D eigenvalue weighted by molar-refractivity contribution is 0.539. The van der Waals surface area contributed by atoms with E-state index in [1.54, 1.807) is 34.7 Å². The summed E-state index contributed by atoms with van der Waals surface area (Å²) in [6.45, 7) is 2.21. The van der Waals surface area contributed by atoms with Gasteiger partial charge in [0.2, 0.25) is 0 Å². The van der Waals surface area contributed by atoms with Gasteiger partial charge in [0.15, 0.2) is 0 Å². The summed E-state index contributed by atoms with van der Waals surface area (Å²) in [4.78, 5) is 0. The predicted molar refractivity (Wildman–Crippen MR) is 71.3 cm³/mol.